The van der Waals surface area contributed by atoms with Crippen LogP contribution >= 0.6 is 0 Å². The van der Waals surface area contributed by atoms with Crippen molar-refractivity contribution in [3.8, 4) is 33.4 Å². The second kappa shape index (κ2) is 12.9. The van der Waals surface area contributed by atoms with Crippen LogP contribution in [-0.4, -0.2) is 0 Å². The average molecular weight is 821 g/mol. The summed E-state index contributed by atoms with van der Waals surface area (Å²) >= 11 is 0. The molecule has 0 N–H and O–H groups in total. The van der Waals surface area contributed by atoms with E-state index in [1.54, 1.807) is 0 Å². The minimum absolute atomic E-state index is 0.143. The molecule has 1 aliphatic rings. The summed E-state index contributed by atoms with van der Waals surface area (Å²) in [5, 5.41) is 17.6. The zero-order chi connectivity index (χ0) is 43.3. The molecule has 0 saturated heterocycles. The smallest absolute Gasteiger partial charge is 0.143 e. The Bertz CT molecular complexity index is 3900. The van der Waals surface area contributed by atoms with E-state index in [1.165, 1.54) is 104 Å². The lowest BCUT2D eigenvalue weighted by molar-refractivity contribution is 0.0977. The largest absolute Gasteiger partial charge is 0.455 e. The number of rotatable bonds is 2. The number of hydrogen-bond donors (Lipinski definition) is 0. The molecule has 1 heterocycles. The summed E-state index contributed by atoms with van der Waals surface area (Å²) in [6.07, 6.45) is 0. The molecule has 13 rings (SSSR count). The van der Waals surface area contributed by atoms with Gasteiger partial charge in [-0.05, 0) is 139 Å². The Balaban J connectivity index is 1.17. The maximum atomic E-state index is 6.62. The van der Waals surface area contributed by atoms with Gasteiger partial charge < -0.3 is 4.42 Å². The van der Waals surface area contributed by atoms with Crippen molar-refractivity contribution in [2.75, 3.05) is 0 Å². The molecule has 1 aromatic heterocycles. The summed E-state index contributed by atoms with van der Waals surface area (Å²) in [4.78, 5) is 0. The molecule has 0 radical (unpaired) electrons. The molecule has 11 aromatic carbocycles. The lowest BCUT2D eigenvalue weighted by atomic mass is 9.49. The fraction of sp³-hybridized carbons (Fsp3) is 0.143. The van der Waals surface area contributed by atoms with Crippen LogP contribution in [0.4, 0.5) is 0 Å². The first-order valence-corrected chi connectivity index (χ1v) is 22.8. The molecule has 0 atom stereocenters. The van der Waals surface area contributed by atoms with E-state index in [9.17, 15) is 0 Å². The van der Waals surface area contributed by atoms with E-state index in [4.69, 9.17) is 4.42 Å². The zero-order valence-corrected chi connectivity index (χ0v) is 37.2. The van der Waals surface area contributed by atoms with Gasteiger partial charge >= 0.3 is 0 Å². The minimum atomic E-state index is -0.331. The van der Waals surface area contributed by atoms with Gasteiger partial charge in [0.25, 0.3) is 0 Å². The summed E-state index contributed by atoms with van der Waals surface area (Å²) in [6, 6.07) is 68.3. The maximum absolute atomic E-state index is 6.62. The molecule has 64 heavy (non-hydrogen) atoms. The van der Waals surface area contributed by atoms with Gasteiger partial charge in [0.1, 0.15) is 11.2 Å². The molecule has 0 saturated carbocycles. The van der Waals surface area contributed by atoms with Crippen molar-refractivity contribution < 1.29 is 4.42 Å². The molecule has 1 aliphatic carbocycles. The van der Waals surface area contributed by atoms with Gasteiger partial charge in [0.2, 0.25) is 0 Å². The topological polar surface area (TPSA) is 13.1 Å². The normalized spacial score (nSPS) is 13.9. The van der Waals surface area contributed by atoms with E-state index in [1.807, 2.05) is 0 Å². The van der Waals surface area contributed by atoms with Crippen LogP contribution in [0.2, 0.25) is 0 Å². The highest BCUT2D eigenvalue weighted by Crippen LogP contribution is 2.69. The SMILES string of the molecule is CC(C)(C)C1(C(C)(C)C)c2c(cc(-c3c4ccccc4c(-c4ccc5oc6c7ccccc7ccc6c5c4)c4ccccc34)c3ccccc23)-c2c1c1ccccc1c1ccccc21. The molecular formula is C63H48O. The Labute approximate surface area is 373 Å². The number of furan rings is 1. The fourth-order valence-electron chi connectivity index (χ4n) is 13.1. The summed E-state index contributed by atoms with van der Waals surface area (Å²) < 4.78 is 6.62. The Morgan fingerprint density at radius 3 is 1.39 bits per heavy atom. The maximum Gasteiger partial charge on any atom is 0.143 e. The van der Waals surface area contributed by atoms with Gasteiger partial charge in [-0.3, -0.25) is 0 Å². The Morgan fingerprint density at radius 2 is 0.797 bits per heavy atom. The Kier molecular flexibility index (Phi) is 7.54. The van der Waals surface area contributed by atoms with Crippen LogP contribution in [-0.2, 0) is 5.41 Å². The second-order valence-corrected chi connectivity index (χ2v) is 20.3. The van der Waals surface area contributed by atoms with Crippen molar-refractivity contribution in [2.24, 2.45) is 10.8 Å². The van der Waals surface area contributed by atoms with Gasteiger partial charge in [0.05, 0.1) is 0 Å². The van der Waals surface area contributed by atoms with Crippen LogP contribution in [0, 0.1) is 10.8 Å². The van der Waals surface area contributed by atoms with Crippen LogP contribution in [0.3, 0.4) is 0 Å². The molecule has 0 unspecified atom stereocenters. The number of benzene rings is 11. The van der Waals surface area contributed by atoms with Crippen LogP contribution in [0.15, 0.2) is 186 Å². The summed E-state index contributed by atoms with van der Waals surface area (Å²) in [5.41, 5.74) is 11.9. The van der Waals surface area contributed by atoms with Crippen molar-refractivity contribution in [1.82, 2.24) is 0 Å². The predicted molar refractivity (Wildman–Crippen MR) is 275 cm³/mol. The van der Waals surface area contributed by atoms with Gasteiger partial charge in [-0.25, -0.2) is 0 Å². The van der Waals surface area contributed by atoms with Gasteiger partial charge in [-0.1, -0.05) is 199 Å². The van der Waals surface area contributed by atoms with Crippen LogP contribution < -0.4 is 0 Å². The van der Waals surface area contributed by atoms with E-state index in [2.05, 4.69) is 224 Å². The molecule has 0 aliphatic heterocycles. The minimum Gasteiger partial charge on any atom is -0.455 e. The lowest BCUT2D eigenvalue weighted by Crippen LogP contribution is -2.50. The lowest BCUT2D eigenvalue weighted by Gasteiger charge is -2.54. The quantitative estimate of drug-likeness (QED) is 0.125. The van der Waals surface area contributed by atoms with Crippen molar-refractivity contribution in [3.63, 3.8) is 0 Å². The molecular weight excluding hydrogens is 773 g/mol. The fourth-order valence-corrected chi connectivity index (χ4v) is 13.1. The van der Waals surface area contributed by atoms with E-state index in [-0.39, 0.29) is 16.2 Å². The molecule has 0 amide bonds. The molecule has 0 fully saturated rings. The molecule has 12 aromatic rings. The average Bonchev–Trinajstić information content (AvgIpc) is 3.86. The number of hydrogen-bond acceptors (Lipinski definition) is 1. The first-order valence-electron chi connectivity index (χ1n) is 22.8. The predicted octanol–water partition coefficient (Wildman–Crippen LogP) is 18.2. The van der Waals surface area contributed by atoms with Crippen molar-refractivity contribution >= 4 is 86.6 Å². The molecule has 306 valence electrons. The molecule has 0 spiro atoms. The third-order valence-corrected chi connectivity index (χ3v) is 15.1. The van der Waals surface area contributed by atoms with Gasteiger partial charge in [0, 0.05) is 21.6 Å². The van der Waals surface area contributed by atoms with E-state index in [0.717, 1.165) is 27.3 Å². The third-order valence-electron chi connectivity index (χ3n) is 15.1. The zero-order valence-electron chi connectivity index (χ0n) is 37.2. The highest BCUT2D eigenvalue weighted by atomic mass is 16.3. The summed E-state index contributed by atoms with van der Waals surface area (Å²) in [7, 11) is 0. The summed E-state index contributed by atoms with van der Waals surface area (Å²) in [6.45, 7) is 14.9. The highest BCUT2D eigenvalue weighted by molar-refractivity contribution is 6.27. The first-order chi connectivity index (χ1) is 31.1. The van der Waals surface area contributed by atoms with Crippen molar-refractivity contribution in [2.45, 2.75) is 47.0 Å². The monoisotopic (exact) mass is 820 g/mol. The van der Waals surface area contributed by atoms with E-state index in [0.29, 0.717) is 0 Å². The second-order valence-electron chi connectivity index (χ2n) is 20.3. The van der Waals surface area contributed by atoms with Crippen LogP contribution in [0.5, 0.6) is 0 Å². The van der Waals surface area contributed by atoms with Gasteiger partial charge in [-0.15, -0.1) is 0 Å². The highest BCUT2D eigenvalue weighted by Gasteiger charge is 2.59. The third kappa shape index (κ3) is 4.74. The Hall–Kier alpha value is -7.22. The number of fused-ring (bicyclic) bond motifs is 17. The van der Waals surface area contributed by atoms with Crippen LogP contribution in [0.25, 0.3) is 120 Å². The van der Waals surface area contributed by atoms with Crippen LogP contribution in [0.1, 0.15) is 52.7 Å². The van der Waals surface area contributed by atoms with Crippen molar-refractivity contribution in [3.05, 3.63) is 193 Å². The van der Waals surface area contributed by atoms with E-state index >= 15 is 0 Å². The molecule has 1 nitrogen and oxygen atoms in total. The molecule has 0 bridgehead atoms. The molecule has 1 heteroatoms. The summed E-state index contributed by atoms with van der Waals surface area (Å²) in [5.74, 6) is 0. The Morgan fingerprint density at radius 1 is 0.328 bits per heavy atom. The van der Waals surface area contributed by atoms with Gasteiger partial charge in [-0.2, -0.15) is 0 Å². The van der Waals surface area contributed by atoms with Gasteiger partial charge in [0.15, 0.2) is 0 Å². The first kappa shape index (κ1) is 37.3. The van der Waals surface area contributed by atoms with E-state index < -0.39 is 0 Å². The van der Waals surface area contributed by atoms with Crippen molar-refractivity contribution in [1.29, 1.82) is 0 Å². The standard InChI is InChI=1S/C63H48O/c1-61(2,3)63(62(4,5)6)58-48-29-17-11-23-42(48)52(36-53(58)57-43-24-12-9-21-40(43)41-22-10-18-30-49(41)59(57)63)56-46-27-15-13-25-44(46)55(45-26-14-16-28-47(45)56)38-32-34-54-51(35-38)50-33-31-37-19-7-8-20-39(37)60(50)64-54/h7-36H,1-6H3.